The largest absolute Gasteiger partial charge is 0.331 e. The number of aromatic nitrogens is 1. The number of hydrogen-bond donors (Lipinski definition) is 1. The monoisotopic (exact) mass is 303 g/mol. The first-order valence-electron chi connectivity index (χ1n) is 6.29. The van der Waals surface area contributed by atoms with E-state index >= 15 is 0 Å². The minimum Gasteiger partial charge on any atom is -0.331 e. The van der Waals surface area contributed by atoms with Crippen LogP contribution in [0, 0.1) is 0 Å². The van der Waals surface area contributed by atoms with Crippen LogP contribution in [0.4, 0.5) is 5.69 Å². The first-order chi connectivity index (χ1) is 10.1. The van der Waals surface area contributed by atoms with Crippen LogP contribution < -0.4 is 5.32 Å². The third kappa shape index (κ3) is 4.29. The molecule has 0 spiro atoms. The fourth-order valence-electron chi connectivity index (χ4n) is 1.73. The van der Waals surface area contributed by atoms with Gasteiger partial charge in [0.2, 0.25) is 5.91 Å². The van der Waals surface area contributed by atoms with Gasteiger partial charge in [-0.15, -0.1) is 0 Å². The summed E-state index contributed by atoms with van der Waals surface area (Å²) in [6.07, 6.45) is 0. The van der Waals surface area contributed by atoms with Crippen molar-refractivity contribution in [3.8, 4) is 0 Å². The molecule has 6 heteroatoms. The Balaban J connectivity index is 1.96. The summed E-state index contributed by atoms with van der Waals surface area (Å²) in [7, 11) is 1.54. The van der Waals surface area contributed by atoms with E-state index in [2.05, 4.69) is 10.3 Å². The van der Waals surface area contributed by atoms with E-state index in [1.54, 1.807) is 30.3 Å². The van der Waals surface area contributed by atoms with Crippen LogP contribution in [-0.4, -0.2) is 35.3 Å². The number of carbonyl (C=O) groups is 2. The first kappa shape index (κ1) is 15.0. The minimum atomic E-state index is -0.360. The highest BCUT2D eigenvalue weighted by Crippen LogP contribution is 2.08. The highest BCUT2D eigenvalue weighted by Gasteiger charge is 2.16. The fraction of sp³-hybridized carbons (Fsp3) is 0.133. The predicted molar refractivity (Wildman–Crippen MR) is 81.3 cm³/mol. The molecule has 0 aliphatic rings. The van der Waals surface area contributed by atoms with Crippen LogP contribution in [0.2, 0.25) is 5.15 Å². The number of rotatable bonds is 4. The maximum absolute atomic E-state index is 12.1. The molecule has 21 heavy (non-hydrogen) atoms. The van der Waals surface area contributed by atoms with Crippen molar-refractivity contribution in [2.24, 2.45) is 0 Å². The lowest BCUT2D eigenvalue weighted by atomic mass is 10.3. The lowest BCUT2D eigenvalue weighted by Crippen LogP contribution is -2.35. The summed E-state index contributed by atoms with van der Waals surface area (Å²) in [6.45, 7) is -0.0675. The molecule has 0 bridgehead atoms. The maximum atomic E-state index is 12.1. The number of nitrogens with one attached hydrogen (secondary N) is 1. The molecule has 0 unspecified atom stereocenters. The van der Waals surface area contributed by atoms with E-state index in [0.29, 0.717) is 5.69 Å². The second-order valence-electron chi connectivity index (χ2n) is 4.42. The zero-order chi connectivity index (χ0) is 15.2. The molecule has 1 aromatic carbocycles. The van der Waals surface area contributed by atoms with Gasteiger partial charge in [0.25, 0.3) is 5.91 Å². The number of nitrogens with zero attached hydrogens (tertiary/aromatic N) is 2. The van der Waals surface area contributed by atoms with Crippen molar-refractivity contribution in [3.63, 3.8) is 0 Å². The van der Waals surface area contributed by atoms with Crippen molar-refractivity contribution >= 4 is 29.1 Å². The Morgan fingerprint density at radius 1 is 1.14 bits per heavy atom. The summed E-state index contributed by atoms with van der Waals surface area (Å²) in [5.41, 5.74) is 0.891. The van der Waals surface area contributed by atoms with E-state index in [0.717, 1.165) is 0 Å². The Labute approximate surface area is 127 Å². The number of halogens is 1. The van der Waals surface area contributed by atoms with Crippen molar-refractivity contribution in [3.05, 3.63) is 59.4 Å². The Morgan fingerprint density at radius 3 is 2.52 bits per heavy atom. The molecular weight excluding hydrogens is 290 g/mol. The Hall–Kier alpha value is -2.40. The van der Waals surface area contributed by atoms with Crippen molar-refractivity contribution in [2.75, 3.05) is 18.9 Å². The Kier molecular flexibility index (Phi) is 4.90. The van der Waals surface area contributed by atoms with E-state index in [-0.39, 0.29) is 29.2 Å². The lowest BCUT2D eigenvalue weighted by Gasteiger charge is -2.16. The van der Waals surface area contributed by atoms with Gasteiger partial charge in [0, 0.05) is 12.7 Å². The number of para-hydroxylation sites is 1. The van der Waals surface area contributed by atoms with Gasteiger partial charge in [-0.3, -0.25) is 9.59 Å². The topological polar surface area (TPSA) is 62.3 Å². The third-order valence-corrected chi connectivity index (χ3v) is 2.93. The zero-order valence-electron chi connectivity index (χ0n) is 11.4. The number of pyridine rings is 1. The van der Waals surface area contributed by atoms with Gasteiger partial charge in [-0.1, -0.05) is 35.9 Å². The molecule has 0 aliphatic heterocycles. The summed E-state index contributed by atoms with van der Waals surface area (Å²) < 4.78 is 0. The molecule has 1 aromatic heterocycles. The van der Waals surface area contributed by atoms with Crippen LogP contribution in [0.3, 0.4) is 0 Å². The number of amides is 2. The average molecular weight is 304 g/mol. The molecule has 5 nitrogen and oxygen atoms in total. The lowest BCUT2D eigenvalue weighted by molar-refractivity contribution is -0.116. The van der Waals surface area contributed by atoms with Gasteiger partial charge >= 0.3 is 0 Å². The van der Waals surface area contributed by atoms with Crippen molar-refractivity contribution in [2.45, 2.75) is 0 Å². The van der Waals surface area contributed by atoms with Gasteiger partial charge in [-0.05, 0) is 24.3 Å². The van der Waals surface area contributed by atoms with Crippen molar-refractivity contribution in [1.29, 1.82) is 0 Å². The van der Waals surface area contributed by atoms with Gasteiger partial charge in [0.1, 0.15) is 10.8 Å². The van der Waals surface area contributed by atoms with Gasteiger partial charge < -0.3 is 10.2 Å². The van der Waals surface area contributed by atoms with Crippen LogP contribution in [0.1, 0.15) is 10.5 Å². The summed E-state index contributed by atoms with van der Waals surface area (Å²) >= 11 is 5.75. The van der Waals surface area contributed by atoms with E-state index in [4.69, 9.17) is 11.6 Å². The molecule has 0 aliphatic carbocycles. The Bertz CT molecular complexity index is 646. The number of likely N-dealkylation sites (N-methyl/N-ethyl adjacent to an activating group) is 1. The van der Waals surface area contributed by atoms with E-state index < -0.39 is 0 Å². The van der Waals surface area contributed by atoms with Gasteiger partial charge in [0.15, 0.2) is 0 Å². The van der Waals surface area contributed by atoms with E-state index in [9.17, 15) is 9.59 Å². The first-order valence-corrected chi connectivity index (χ1v) is 6.67. The van der Waals surface area contributed by atoms with Gasteiger partial charge in [-0.25, -0.2) is 4.98 Å². The van der Waals surface area contributed by atoms with Crippen LogP contribution in [-0.2, 0) is 4.79 Å². The SMILES string of the molecule is CN(CC(=O)Nc1ccccc1)C(=O)c1cccc(Cl)n1. The number of hydrogen-bond acceptors (Lipinski definition) is 3. The molecule has 2 amide bonds. The van der Waals surface area contributed by atoms with E-state index in [1.807, 2.05) is 18.2 Å². The Morgan fingerprint density at radius 2 is 1.86 bits per heavy atom. The number of benzene rings is 1. The molecule has 108 valence electrons. The molecule has 0 atom stereocenters. The standard InChI is InChI=1S/C15H14ClN3O2/c1-19(15(21)12-8-5-9-13(16)18-12)10-14(20)17-11-6-3-2-4-7-11/h2-9H,10H2,1H3,(H,17,20). The molecule has 1 N–H and O–H groups in total. The molecule has 0 fully saturated rings. The third-order valence-electron chi connectivity index (χ3n) is 2.72. The summed E-state index contributed by atoms with van der Waals surface area (Å²) in [4.78, 5) is 29.2. The predicted octanol–water partition coefficient (Wildman–Crippen LogP) is 2.45. The summed E-state index contributed by atoms with van der Waals surface area (Å²) in [6, 6.07) is 13.8. The molecule has 1 heterocycles. The smallest absolute Gasteiger partial charge is 0.272 e. The van der Waals surface area contributed by atoms with Crippen molar-refractivity contribution < 1.29 is 9.59 Å². The van der Waals surface area contributed by atoms with Crippen LogP contribution >= 0.6 is 11.6 Å². The average Bonchev–Trinajstić information content (AvgIpc) is 2.47. The fourth-order valence-corrected chi connectivity index (χ4v) is 1.90. The van der Waals surface area contributed by atoms with E-state index in [1.165, 1.54) is 11.9 Å². The normalized spacial score (nSPS) is 10.0. The second kappa shape index (κ2) is 6.85. The molecule has 0 radical (unpaired) electrons. The minimum absolute atomic E-state index is 0.0675. The molecule has 2 rings (SSSR count). The summed E-state index contributed by atoms with van der Waals surface area (Å²) in [5, 5.41) is 2.95. The van der Waals surface area contributed by atoms with Crippen LogP contribution in [0.5, 0.6) is 0 Å². The zero-order valence-corrected chi connectivity index (χ0v) is 12.2. The highest BCUT2D eigenvalue weighted by atomic mass is 35.5. The number of anilines is 1. The van der Waals surface area contributed by atoms with Gasteiger partial charge in [0.05, 0.1) is 6.54 Å². The molecule has 0 saturated carbocycles. The van der Waals surface area contributed by atoms with Crippen LogP contribution in [0.25, 0.3) is 0 Å². The quantitative estimate of drug-likeness (QED) is 0.883. The van der Waals surface area contributed by atoms with Crippen molar-refractivity contribution in [1.82, 2.24) is 9.88 Å². The maximum Gasteiger partial charge on any atom is 0.272 e. The molecule has 0 saturated heterocycles. The molecule has 2 aromatic rings. The summed E-state index contributed by atoms with van der Waals surface area (Å²) in [5.74, 6) is -0.639. The van der Waals surface area contributed by atoms with Gasteiger partial charge in [-0.2, -0.15) is 0 Å². The van der Waals surface area contributed by atoms with Crippen LogP contribution in [0.15, 0.2) is 48.5 Å². The molecular formula is C15H14ClN3O2. The number of carbonyl (C=O) groups excluding carboxylic acids is 2. The second-order valence-corrected chi connectivity index (χ2v) is 4.81. The highest BCUT2D eigenvalue weighted by molar-refractivity contribution is 6.29.